The molecule has 3 N–H and O–H groups in total. The van der Waals surface area contributed by atoms with E-state index in [1.165, 1.54) is 24.7 Å². The van der Waals surface area contributed by atoms with Crippen LogP contribution in [0.15, 0.2) is 18.0 Å². The van der Waals surface area contributed by atoms with Crippen LogP contribution in [0, 0.1) is 10.1 Å². The number of anilines is 2. The number of nitrogens with one attached hydrogen (secondary N) is 3. The van der Waals surface area contributed by atoms with Crippen molar-refractivity contribution in [1.82, 2.24) is 15.4 Å². The lowest BCUT2D eigenvalue weighted by molar-refractivity contribution is -0.383. The van der Waals surface area contributed by atoms with E-state index in [0.29, 0.717) is 6.54 Å². The summed E-state index contributed by atoms with van der Waals surface area (Å²) in [6, 6.07) is 0. The van der Waals surface area contributed by atoms with Gasteiger partial charge in [-0.25, -0.2) is 15.4 Å². The van der Waals surface area contributed by atoms with Crippen LogP contribution in [-0.4, -0.2) is 27.0 Å². The summed E-state index contributed by atoms with van der Waals surface area (Å²) in [4.78, 5) is 19.0. The monoisotopic (exact) mass is 334 g/mol. The number of hydrogen-bond acceptors (Lipinski definition) is 7. The van der Waals surface area contributed by atoms with Crippen LogP contribution in [0.25, 0.3) is 0 Å². The minimum atomic E-state index is -0.463. The molecular formula is C16H26N6O2. The maximum atomic E-state index is 11.4. The molecule has 8 heteroatoms. The minimum Gasteiger partial charge on any atom is -0.364 e. The third-order valence-electron chi connectivity index (χ3n) is 3.68. The van der Waals surface area contributed by atoms with E-state index < -0.39 is 4.92 Å². The summed E-state index contributed by atoms with van der Waals surface area (Å²) in [5, 5.41) is 14.5. The lowest BCUT2D eigenvalue weighted by Crippen LogP contribution is -2.40. The SMILES string of the molecule is CC(C)(C)NNc1ncnc(NCCC2=CCCCC2)c1[N+](=O)[O-]. The minimum absolute atomic E-state index is 0.146. The highest BCUT2D eigenvalue weighted by Crippen LogP contribution is 2.29. The summed E-state index contributed by atoms with van der Waals surface area (Å²) in [6.07, 6.45) is 9.22. The first-order chi connectivity index (χ1) is 11.4. The largest absolute Gasteiger partial charge is 0.364 e. The third kappa shape index (κ3) is 5.45. The fourth-order valence-electron chi connectivity index (χ4n) is 2.49. The number of rotatable bonds is 7. The van der Waals surface area contributed by atoms with Crippen molar-refractivity contribution in [1.29, 1.82) is 0 Å². The topological polar surface area (TPSA) is 105 Å². The van der Waals surface area contributed by atoms with E-state index in [1.54, 1.807) is 0 Å². The van der Waals surface area contributed by atoms with E-state index in [0.717, 1.165) is 19.3 Å². The van der Waals surface area contributed by atoms with Gasteiger partial charge in [-0.3, -0.25) is 15.5 Å². The van der Waals surface area contributed by atoms with Gasteiger partial charge >= 0.3 is 5.69 Å². The fourth-order valence-corrected chi connectivity index (χ4v) is 2.49. The predicted molar refractivity (Wildman–Crippen MR) is 94.9 cm³/mol. The van der Waals surface area contributed by atoms with Crippen molar-refractivity contribution in [3.05, 3.63) is 28.1 Å². The molecule has 0 radical (unpaired) electrons. The van der Waals surface area contributed by atoms with Crippen molar-refractivity contribution >= 4 is 17.3 Å². The first-order valence-corrected chi connectivity index (χ1v) is 8.31. The summed E-state index contributed by atoms with van der Waals surface area (Å²) in [7, 11) is 0. The summed E-state index contributed by atoms with van der Waals surface area (Å²) in [6.45, 7) is 6.47. The van der Waals surface area contributed by atoms with E-state index in [4.69, 9.17) is 0 Å². The Balaban J connectivity index is 2.05. The standard InChI is InChI=1S/C16H26N6O2/c1-16(2,3)21-20-15-13(22(23)24)14(18-11-19-15)17-10-9-12-7-5-4-6-8-12/h7,11,21H,4-6,8-10H2,1-3H3,(H2,17,18,19,20). The summed E-state index contributed by atoms with van der Waals surface area (Å²) < 4.78 is 0. The highest BCUT2D eigenvalue weighted by molar-refractivity contribution is 5.68. The van der Waals surface area contributed by atoms with E-state index in [-0.39, 0.29) is 22.9 Å². The molecule has 1 aliphatic carbocycles. The molecule has 0 spiro atoms. The average Bonchev–Trinajstić information content (AvgIpc) is 2.53. The highest BCUT2D eigenvalue weighted by Gasteiger charge is 2.23. The molecule has 0 saturated heterocycles. The van der Waals surface area contributed by atoms with Crippen LogP contribution < -0.4 is 16.2 Å². The second kappa shape index (κ2) is 8.05. The van der Waals surface area contributed by atoms with E-state index >= 15 is 0 Å². The van der Waals surface area contributed by atoms with Gasteiger partial charge in [-0.15, -0.1) is 0 Å². The molecule has 0 aromatic carbocycles. The number of aromatic nitrogens is 2. The Kier molecular flexibility index (Phi) is 6.08. The molecule has 132 valence electrons. The number of nitro groups is 1. The summed E-state index contributed by atoms with van der Waals surface area (Å²) in [5.74, 6) is 0.397. The third-order valence-corrected chi connectivity index (χ3v) is 3.68. The van der Waals surface area contributed by atoms with Crippen molar-refractivity contribution < 1.29 is 4.92 Å². The lowest BCUT2D eigenvalue weighted by Gasteiger charge is -2.21. The molecule has 0 amide bonds. The van der Waals surface area contributed by atoms with Crippen LogP contribution >= 0.6 is 0 Å². The average molecular weight is 334 g/mol. The zero-order valence-corrected chi connectivity index (χ0v) is 14.6. The summed E-state index contributed by atoms with van der Waals surface area (Å²) >= 11 is 0. The lowest BCUT2D eigenvalue weighted by atomic mass is 9.97. The van der Waals surface area contributed by atoms with Crippen molar-refractivity contribution in [2.45, 2.75) is 58.4 Å². The van der Waals surface area contributed by atoms with Crippen molar-refractivity contribution in [3.63, 3.8) is 0 Å². The van der Waals surface area contributed by atoms with Gasteiger partial charge < -0.3 is 5.32 Å². The van der Waals surface area contributed by atoms with Gasteiger partial charge in [0.05, 0.1) is 4.92 Å². The van der Waals surface area contributed by atoms with E-state index in [9.17, 15) is 10.1 Å². The summed E-state index contributed by atoms with van der Waals surface area (Å²) in [5.41, 5.74) is 6.83. The van der Waals surface area contributed by atoms with Crippen molar-refractivity contribution in [3.8, 4) is 0 Å². The molecule has 1 aliphatic rings. The van der Waals surface area contributed by atoms with Gasteiger partial charge in [0.25, 0.3) is 0 Å². The molecule has 0 saturated carbocycles. The van der Waals surface area contributed by atoms with Gasteiger partial charge in [-0.2, -0.15) is 0 Å². The number of hydrazine groups is 1. The van der Waals surface area contributed by atoms with Crippen LogP contribution in [0.2, 0.25) is 0 Å². The van der Waals surface area contributed by atoms with Gasteiger partial charge in [0.15, 0.2) is 0 Å². The number of allylic oxidation sites excluding steroid dienone is 1. The van der Waals surface area contributed by atoms with Gasteiger partial charge in [-0.1, -0.05) is 11.6 Å². The van der Waals surface area contributed by atoms with E-state index in [2.05, 4.69) is 32.2 Å². The molecule has 24 heavy (non-hydrogen) atoms. The molecule has 0 fully saturated rings. The van der Waals surface area contributed by atoms with Crippen molar-refractivity contribution in [2.24, 2.45) is 0 Å². The Morgan fingerprint density at radius 2 is 2.00 bits per heavy atom. The molecule has 0 atom stereocenters. The van der Waals surface area contributed by atoms with E-state index in [1.807, 2.05) is 20.8 Å². The first kappa shape index (κ1) is 18.1. The number of hydrogen-bond donors (Lipinski definition) is 3. The molecule has 8 nitrogen and oxygen atoms in total. The predicted octanol–water partition coefficient (Wildman–Crippen LogP) is 3.40. The molecule has 1 heterocycles. The Bertz CT molecular complexity index is 609. The number of nitrogens with zero attached hydrogens (tertiary/aromatic N) is 3. The quantitative estimate of drug-likeness (QED) is 0.399. The maximum Gasteiger partial charge on any atom is 0.354 e. The van der Waals surface area contributed by atoms with Gasteiger partial charge in [0.2, 0.25) is 11.6 Å². The Labute approximate surface area is 142 Å². The van der Waals surface area contributed by atoms with Crippen LogP contribution in [-0.2, 0) is 0 Å². The molecule has 0 unspecified atom stereocenters. The molecule has 2 rings (SSSR count). The zero-order valence-electron chi connectivity index (χ0n) is 14.6. The van der Waals surface area contributed by atoms with Crippen LogP contribution in [0.3, 0.4) is 0 Å². The van der Waals surface area contributed by atoms with Crippen LogP contribution in [0.5, 0.6) is 0 Å². The molecule has 1 aromatic rings. The van der Waals surface area contributed by atoms with Gasteiger partial charge in [0.1, 0.15) is 6.33 Å². The van der Waals surface area contributed by atoms with Gasteiger partial charge in [-0.05, 0) is 52.9 Å². The molecule has 0 aliphatic heterocycles. The molecule has 1 aromatic heterocycles. The maximum absolute atomic E-state index is 11.4. The Morgan fingerprint density at radius 1 is 1.25 bits per heavy atom. The van der Waals surface area contributed by atoms with Crippen LogP contribution in [0.1, 0.15) is 52.9 Å². The fraction of sp³-hybridized carbons (Fsp3) is 0.625. The molecule has 0 bridgehead atoms. The highest BCUT2D eigenvalue weighted by atomic mass is 16.6. The first-order valence-electron chi connectivity index (χ1n) is 8.31. The second-order valence-electron chi connectivity index (χ2n) is 6.96. The molecular weight excluding hydrogens is 308 g/mol. The smallest absolute Gasteiger partial charge is 0.354 e. The zero-order chi connectivity index (χ0) is 17.6. The van der Waals surface area contributed by atoms with Crippen LogP contribution in [0.4, 0.5) is 17.3 Å². The van der Waals surface area contributed by atoms with Gasteiger partial charge in [0, 0.05) is 12.1 Å². The second-order valence-corrected chi connectivity index (χ2v) is 6.96. The Morgan fingerprint density at radius 3 is 2.62 bits per heavy atom. The normalized spacial score (nSPS) is 14.9. The van der Waals surface area contributed by atoms with Crippen molar-refractivity contribution in [2.75, 3.05) is 17.3 Å². The Hall–Kier alpha value is -2.22.